The molecule has 0 bridgehead atoms. The van der Waals surface area contributed by atoms with E-state index in [0.717, 1.165) is 57.7 Å². The maximum absolute atomic E-state index is 14.1. The summed E-state index contributed by atoms with van der Waals surface area (Å²) in [6.07, 6.45) is 7.58. The average molecular weight is 634 g/mol. The molecule has 1 N–H and O–H groups in total. The van der Waals surface area contributed by atoms with Gasteiger partial charge in [0.15, 0.2) is 0 Å². The van der Waals surface area contributed by atoms with Crippen molar-refractivity contribution >= 4 is 44.9 Å². The standard InChI is InChI=1S/C34H43N5O5S/c1-6-38(19-18-37(5)23(2)40)34(42)27-20-25-14-10-11-15-28(25)32-31(24-12-8-7-9-13-24)29-17-16-26(21-30(29)39(32)22-27)33(41)35-45(43,44)36(3)4/h10-11,14-17,20-21,24H,6-9,12-13,18-19,22H2,1-5H3,(H,35,41). The summed E-state index contributed by atoms with van der Waals surface area (Å²) in [5, 5.41) is 1.02. The number of hydrogen-bond donors (Lipinski definition) is 1. The van der Waals surface area contributed by atoms with Crippen LogP contribution in [-0.4, -0.2) is 85.6 Å². The average Bonchev–Trinajstić information content (AvgIpc) is 3.23. The summed E-state index contributed by atoms with van der Waals surface area (Å²) in [7, 11) is 0.473. The highest BCUT2D eigenvalue weighted by molar-refractivity contribution is 7.87. The Morgan fingerprint density at radius 2 is 1.69 bits per heavy atom. The SMILES string of the molecule is CCN(CCN(C)C(C)=O)C(=O)C1=Cc2ccccc2-c2c(C3CCCCC3)c3ccc(C(=O)NS(=O)(=O)N(C)C)cc3n2C1. The first kappa shape index (κ1) is 32.4. The van der Waals surface area contributed by atoms with Gasteiger partial charge in [0.25, 0.3) is 11.8 Å². The van der Waals surface area contributed by atoms with Crippen LogP contribution in [0.25, 0.3) is 28.2 Å². The number of likely N-dealkylation sites (N-methyl/N-ethyl adjacent to an activating group) is 2. The van der Waals surface area contributed by atoms with Gasteiger partial charge in [-0.25, -0.2) is 4.72 Å². The predicted molar refractivity (Wildman–Crippen MR) is 177 cm³/mol. The summed E-state index contributed by atoms with van der Waals surface area (Å²) < 4.78 is 30.2. The molecule has 1 aliphatic carbocycles. The quantitative estimate of drug-likeness (QED) is 0.370. The lowest BCUT2D eigenvalue weighted by Gasteiger charge is -2.25. The molecule has 2 aromatic carbocycles. The second-order valence-corrected chi connectivity index (χ2v) is 14.1. The molecule has 1 saturated carbocycles. The van der Waals surface area contributed by atoms with E-state index in [0.29, 0.717) is 31.1 Å². The number of nitrogens with zero attached hydrogens (tertiary/aromatic N) is 4. The van der Waals surface area contributed by atoms with E-state index in [-0.39, 0.29) is 23.9 Å². The van der Waals surface area contributed by atoms with Gasteiger partial charge in [0.2, 0.25) is 5.91 Å². The van der Waals surface area contributed by atoms with Crippen molar-refractivity contribution < 1.29 is 22.8 Å². The van der Waals surface area contributed by atoms with Crippen LogP contribution in [0.4, 0.5) is 0 Å². The van der Waals surface area contributed by atoms with Crippen molar-refractivity contribution in [3.8, 4) is 11.3 Å². The number of fused-ring (bicyclic) bond motifs is 5. The predicted octanol–water partition coefficient (Wildman–Crippen LogP) is 4.62. The maximum Gasteiger partial charge on any atom is 0.303 e. The summed E-state index contributed by atoms with van der Waals surface area (Å²) >= 11 is 0. The van der Waals surface area contributed by atoms with E-state index in [1.54, 1.807) is 29.0 Å². The molecule has 1 aromatic heterocycles. The topological polar surface area (TPSA) is 112 Å². The number of benzene rings is 2. The second-order valence-electron chi connectivity index (χ2n) is 12.2. The van der Waals surface area contributed by atoms with Crippen LogP contribution in [0.2, 0.25) is 0 Å². The number of carbonyl (C=O) groups is 3. The molecule has 0 radical (unpaired) electrons. The van der Waals surface area contributed by atoms with Crippen LogP contribution in [0, 0.1) is 0 Å². The Bertz CT molecular complexity index is 1770. The minimum atomic E-state index is -3.98. The molecule has 10 nitrogen and oxygen atoms in total. The summed E-state index contributed by atoms with van der Waals surface area (Å²) in [5.74, 6) is -0.555. The number of carbonyl (C=O) groups excluding carboxylic acids is 3. The molecule has 3 aromatic rings. The van der Waals surface area contributed by atoms with Crippen molar-refractivity contribution in [3.05, 3.63) is 64.7 Å². The zero-order valence-corrected chi connectivity index (χ0v) is 27.6. The van der Waals surface area contributed by atoms with E-state index >= 15 is 0 Å². The normalized spacial score (nSPS) is 15.2. The number of aromatic nitrogens is 1. The highest BCUT2D eigenvalue weighted by atomic mass is 32.2. The Kier molecular flexibility index (Phi) is 9.50. The molecule has 2 heterocycles. The first-order chi connectivity index (χ1) is 21.4. The van der Waals surface area contributed by atoms with Gasteiger partial charge < -0.3 is 14.4 Å². The molecule has 2 aliphatic rings. The lowest BCUT2D eigenvalue weighted by atomic mass is 9.81. The van der Waals surface area contributed by atoms with Gasteiger partial charge in [-0.1, -0.05) is 49.6 Å². The Morgan fingerprint density at radius 3 is 2.36 bits per heavy atom. The number of amides is 3. The van der Waals surface area contributed by atoms with Crippen LogP contribution in [0.15, 0.2) is 48.0 Å². The van der Waals surface area contributed by atoms with E-state index in [2.05, 4.69) is 15.4 Å². The Hall–Kier alpha value is -3.96. The Balaban J connectivity index is 1.66. The molecule has 1 aliphatic heterocycles. The van der Waals surface area contributed by atoms with Crippen LogP contribution < -0.4 is 4.72 Å². The van der Waals surface area contributed by atoms with Crippen molar-refractivity contribution in [2.45, 2.75) is 58.4 Å². The first-order valence-corrected chi connectivity index (χ1v) is 17.1. The highest BCUT2D eigenvalue weighted by Crippen LogP contribution is 2.46. The van der Waals surface area contributed by atoms with E-state index in [4.69, 9.17) is 0 Å². The zero-order valence-electron chi connectivity index (χ0n) is 26.8. The molecule has 45 heavy (non-hydrogen) atoms. The molecule has 0 spiro atoms. The van der Waals surface area contributed by atoms with Crippen molar-refractivity contribution in [2.75, 3.05) is 40.8 Å². The van der Waals surface area contributed by atoms with Crippen LogP contribution in [0.1, 0.15) is 73.4 Å². The van der Waals surface area contributed by atoms with Gasteiger partial charge in [0.1, 0.15) is 0 Å². The van der Waals surface area contributed by atoms with Gasteiger partial charge in [-0.3, -0.25) is 14.4 Å². The van der Waals surface area contributed by atoms with Crippen LogP contribution in [-0.2, 0) is 26.3 Å². The van der Waals surface area contributed by atoms with E-state index < -0.39 is 16.1 Å². The van der Waals surface area contributed by atoms with Gasteiger partial charge in [0.05, 0.1) is 12.2 Å². The molecule has 240 valence electrons. The second kappa shape index (κ2) is 13.2. The molecule has 1 fully saturated rings. The first-order valence-electron chi connectivity index (χ1n) is 15.6. The monoisotopic (exact) mass is 633 g/mol. The number of rotatable bonds is 9. The maximum atomic E-state index is 14.1. The van der Waals surface area contributed by atoms with Gasteiger partial charge in [-0.05, 0) is 55.0 Å². The zero-order chi connectivity index (χ0) is 32.5. The van der Waals surface area contributed by atoms with Crippen LogP contribution >= 0.6 is 0 Å². The lowest BCUT2D eigenvalue weighted by Crippen LogP contribution is -2.39. The van der Waals surface area contributed by atoms with E-state index in [1.165, 1.54) is 33.0 Å². The Labute approximate surface area is 265 Å². The van der Waals surface area contributed by atoms with Crippen molar-refractivity contribution in [1.29, 1.82) is 0 Å². The summed E-state index contributed by atoms with van der Waals surface area (Å²) in [4.78, 5) is 42.5. The fourth-order valence-corrected chi connectivity index (χ4v) is 6.98. The van der Waals surface area contributed by atoms with Crippen LogP contribution in [0.3, 0.4) is 0 Å². The molecule has 11 heteroatoms. The number of nitrogens with one attached hydrogen (secondary N) is 1. The summed E-state index contributed by atoms with van der Waals surface area (Å²) in [6, 6.07) is 13.5. The summed E-state index contributed by atoms with van der Waals surface area (Å²) in [6.45, 7) is 5.04. The molecule has 0 unspecified atom stereocenters. The lowest BCUT2D eigenvalue weighted by molar-refractivity contribution is -0.131. The van der Waals surface area contributed by atoms with E-state index in [1.807, 2.05) is 37.3 Å². The third kappa shape index (κ3) is 6.55. The van der Waals surface area contributed by atoms with Crippen molar-refractivity contribution in [2.24, 2.45) is 0 Å². The Morgan fingerprint density at radius 1 is 0.978 bits per heavy atom. The third-order valence-electron chi connectivity index (χ3n) is 9.14. The van der Waals surface area contributed by atoms with Crippen molar-refractivity contribution in [1.82, 2.24) is 23.4 Å². The smallest absolute Gasteiger partial charge is 0.303 e. The number of hydrogen-bond acceptors (Lipinski definition) is 5. The van der Waals surface area contributed by atoms with Crippen LogP contribution in [0.5, 0.6) is 0 Å². The third-order valence-corrected chi connectivity index (χ3v) is 10.5. The van der Waals surface area contributed by atoms with Gasteiger partial charge >= 0.3 is 10.2 Å². The molecular formula is C34H43N5O5S. The fourth-order valence-electron chi connectivity index (χ4n) is 6.45. The minimum absolute atomic E-state index is 0.0574. The largest absolute Gasteiger partial charge is 0.344 e. The molecule has 0 saturated heterocycles. The molecule has 5 rings (SSSR count). The molecule has 0 atom stereocenters. The molecular weight excluding hydrogens is 590 g/mol. The molecule has 3 amide bonds. The highest BCUT2D eigenvalue weighted by Gasteiger charge is 2.31. The van der Waals surface area contributed by atoms with E-state index in [9.17, 15) is 22.8 Å². The minimum Gasteiger partial charge on any atom is -0.344 e. The van der Waals surface area contributed by atoms with Crippen molar-refractivity contribution in [3.63, 3.8) is 0 Å². The van der Waals surface area contributed by atoms with Gasteiger partial charge in [0, 0.05) is 75.3 Å². The summed E-state index contributed by atoms with van der Waals surface area (Å²) in [5.41, 5.74) is 5.86. The fraction of sp³-hybridized carbons (Fsp3) is 0.441. The van der Waals surface area contributed by atoms with Gasteiger partial charge in [-0.15, -0.1) is 0 Å². The van der Waals surface area contributed by atoms with Gasteiger partial charge in [-0.2, -0.15) is 12.7 Å².